The quantitative estimate of drug-likeness (QED) is 0.795. The second-order valence-electron chi connectivity index (χ2n) is 7.15. The summed E-state index contributed by atoms with van der Waals surface area (Å²) in [5.41, 5.74) is 1.38. The normalized spacial score (nSPS) is 17.9. The van der Waals surface area contributed by atoms with E-state index in [1.807, 2.05) is 21.1 Å². The molecule has 0 spiro atoms. The number of aryl methyl sites for hydroxylation is 1. The molecule has 0 radical (unpaired) electrons. The van der Waals surface area contributed by atoms with Gasteiger partial charge in [0.2, 0.25) is 0 Å². The molecule has 1 N–H and O–H groups in total. The molecular weight excluding hydrogens is 359 g/mol. The van der Waals surface area contributed by atoms with Crippen LogP contribution in [0.25, 0.3) is 10.9 Å². The molecule has 0 amide bonds. The van der Waals surface area contributed by atoms with Crippen LogP contribution in [0, 0.1) is 0 Å². The third-order valence-electron chi connectivity index (χ3n) is 4.93. The molecule has 2 heterocycles. The Morgan fingerprint density at radius 1 is 1.31 bits per heavy atom. The minimum atomic E-state index is -4.31. The van der Waals surface area contributed by atoms with Gasteiger partial charge in [-0.25, -0.2) is 0 Å². The SMILES string of the molecule is CNCC1CCSc2c1c1ccc(C(F)(F)F)cc1n2CCCN(C)C. The Balaban J connectivity index is 2.11. The molecule has 0 bridgehead atoms. The van der Waals surface area contributed by atoms with Crippen molar-refractivity contribution in [1.82, 2.24) is 14.8 Å². The number of thioether (sulfide) groups is 1. The lowest BCUT2D eigenvalue weighted by molar-refractivity contribution is -0.137. The van der Waals surface area contributed by atoms with Gasteiger partial charge >= 0.3 is 6.18 Å². The van der Waals surface area contributed by atoms with Crippen molar-refractivity contribution in [2.45, 2.75) is 36.5 Å². The minimum Gasteiger partial charge on any atom is -0.335 e. The summed E-state index contributed by atoms with van der Waals surface area (Å²) >= 11 is 1.78. The van der Waals surface area contributed by atoms with Crippen molar-refractivity contribution >= 4 is 22.7 Å². The van der Waals surface area contributed by atoms with Gasteiger partial charge in [0, 0.05) is 35.7 Å². The van der Waals surface area contributed by atoms with Crippen LogP contribution in [0.3, 0.4) is 0 Å². The van der Waals surface area contributed by atoms with Gasteiger partial charge in [-0.05, 0) is 58.2 Å². The lowest BCUT2D eigenvalue weighted by Gasteiger charge is -2.24. The zero-order valence-corrected chi connectivity index (χ0v) is 16.3. The first kappa shape index (κ1) is 19.6. The summed E-state index contributed by atoms with van der Waals surface area (Å²) in [5, 5.41) is 5.37. The van der Waals surface area contributed by atoms with E-state index in [1.54, 1.807) is 17.8 Å². The number of likely N-dealkylation sites (N-methyl/N-ethyl adjacent to an activating group) is 1. The number of alkyl halides is 3. The highest BCUT2D eigenvalue weighted by Gasteiger charge is 2.33. The van der Waals surface area contributed by atoms with Gasteiger partial charge < -0.3 is 14.8 Å². The Labute approximate surface area is 156 Å². The molecule has 1 aliphatic rings. The van der Waals surface area contributed by atoms with E-state index in [-0.39, 0.29) is 0 Å². The fraction of sp³-hybridized carbons (Fsp3) is 0.579. The lowest BCUT2D eigenvalue weighted by atomic mass is 9.95. The van der Waals surface area contributed by atoms with Crippen LogP contribution >= 0.6 is 11.8 Å². The number of aromatic nitrogens is 1. The highest BCUT2D eigenvalue weighted by molar-refractivity contribution is 7.99. The number of nitrogens with one attached hydrogen (secondary N) is 1. The molecule has 0 aliphatic carbocycles. The number of benzene rings is 1. The third kappa shape index (κ3) is 3.89. The fourth-order valence-corrected chi connectivity index (χ4v) is 5.11. The monoisotopic (exact) mass is 385 g/mol. The summed E-state index contributed by atoms with van der Waals surface area (Å²) < 4.78 is 41.9. The van der Waals surface area contributed by atoms with Crippen molar-refractivity contribution in [3.05, 3.63) is 29.3 Å². The summed E-state index contributed by atoms with van der Waals surface area (Å²) in [7, 11) is 5.96. The van der Waals surface area contributed by atoms with Crippen molar-refractivity contribution in [2.75, 3.05) is 40.0 Å². The predicted molar refractivity (Wildman–Crippen MR) is 102 cm³/mol. The van der Waals surface area contributed by atoms with Crippen LogP contribution in [-0.4, -0.2) is 49.5 Å². The zero-order chi connectivity index (χ0) is 18.9. The highest BCUT2D eigenvalue weighted by atomic mass is 32.2. The van der Waals surface area contributed by atoms with Crippen molar-refractivity contribution in [2.24, 2.45) is 0 Å². The van der Waals surface area contributed by atoms with Crippen LogP contribution in [-0.2, 0) is 12.7 Å². The smallest absolute Gasteiger partial charge is 0.335 e. The third-order valence-corrected chi connectivity index (χ3v) is 6.09. The molecule has 7 heteroatoms. The van der Waals surface area contributed by atoms with E-state index in [0.717, 1.165) is 54.2 Å². The van der Waals surface area contributed by atoms with Gasteiger partial charge in [0.05, 0.1) is 10.6 Å². The van der Waals surface area contributed by atoms with Gasteiger partial charge in [-0.1, -0.05) is 6.07 Å². The van der Waals surface area contributed by atoms with Crippen molar-refractivity contribution in [1.29, 1.82) is 0 Å². The average Bonchev–Trinajstić information content (AvgIpc) is 2.88. The van der Waals surface area contributed by atoms with E-state index < -0.39 is 11.7 Å². The first-order valence-corrected chi connectivity index (χ1v) is 9.97. The molecule has 2 aromatic rings. The highest BCUT2D eigenvalue weighted by Crippen LogP contribution is 2.45. The zero-order valence-electron chi connectivity index (χ0n) is 15.5. The van der Waals surface area contributed by atoms with Crippen molar-refractivity contribution in [3.63, 3.8) is 0 Å². The number of rotatable bonds is 6. The Kier molecular flexibility index (Phi) is 5.89. The second-order valence-corrected chi connectivity index (χ2v) is 8.23. The molecule has 1 atom stereocenters. The summed E-state index contributed by atoms with van der Waals surface area (Å²) in [6.07, 6.45) is -2.35. The molecule has 0 saturated carbocycles. The second kappa shape index (κ2) is 7.82. The molecule has 1 unspecified atom stereocenters. The van der Waals surface area contributed by atoms with Gasteiger partial charge in [0.1, 0.15) is 0 Å². The average molecular weight is 385 g/mol. The van der Waals surface area contributed by atoms with Gasteiger partial charge in [-0.3, -0.25) is 0 Å². The molecule has 1 aliphatic heterocycles. The van der Waals surface area contributed by atoms with Gasteiger partial charge in [0.15, 0.2) is 0 Å². The Bertz CT molecular complexity index is 767. The van der Waals surface area contributed by atoms with Crippen LogP contribution in [0.5, 0.6) is 0 Å². The number of hydrogen-bond donors (Lipinski definition) is 1. The van der Waals surface area contributed by atoms with E-state index in [1.165, 1.54) is 17.7 Å². The van der Waals surface area contributed by atoms with Gasteiger partial charge in [-0.15, -0.1) is 11.8 Å². The first-order chi connectivity index (χ1) is 12.3. The van der Waals surface area contributed by atoms with Crippen molar-refractivity contribution < 1.29 is 13.2 Å². The molecule has 0 saturated heterocycles. The summed E-state index contributed by atoms with van der Waals surface area (Å²) in [5.74, 6) is 1.36. The lowest BCUT2D eigenvalue weighted by Crippen LogP contribution is -2.21. The molecule has 144 valence electrons. The van der Waals surface area contributed by atoms with E-state index in [9.17, 15) is 13.2 Å². The predicted octanol–water partition coefficient (Wildman–Crippen LogP) is 4.41. The van der Waals surface area contributed by atoms with Gasteiger partial charge in [-0.2, -0.15) is 13.2 Å². The maximum Gasteiger partial charge on any atom is 0.416 e. The Hall–Kier alpha value is -1.18. The Morgan fingerprint density at radius 2 is 2.08 bits per heavy atom. The maximum absolute atomic E-state index is 13.3. The van der Waals surface area contributed by atoms with E-state index in [2.05, 4.69) is 14.8 Å². The largest absolute Gasteiger partial charge is 0.416 e. The molecule has 3 nitrogen and oxygen atoms in total. The van der Waals surface area contributed by atoms with Crippen LogP contribution in [0.1, 0.15) is 29.9 Å². The van der Waals surface area contributed by atoms with Crippen LogP contribution in [0.15, 0.2) is 23.2 Å². The summed E-state index contributed by atoms with van der Waals surface area (Å²) in [6, 6.07) is 4.23. The first-order valence-electron chi connectivity index (χ1n) is 8.98. The maximum atomic E-state index is 13.3. The van der Waals surface area contributed by atoms with Crippen molar-refractivity contribution in [3.8, 4) is 0 Å². The van der Waals surface area contributed by atoms with E-state index in [4.69, 9.17) is 0 Å². The summed E-state index contributed by atoms with van der Waals surface area (Å²) in [6.45, 7) is 2.51. The molecular formula is C19H26F3N3S. The number of hydrogen-bond acceptors (Lipinski definition) is 3. The van der Waals surface area contributed by atoms with E-state index in [0.29, 0.717) is 5.92 Å². The van der Waals surface area contributed by atoms with Gasteiger partial charge in [0.25, 0.3) is 0 Å². The van der Waals surface area contributed by atoms with E-state index >= 15 is 0 Å². The molecule has 3 rings (SSSR count). The molecule has 1 aromatic carbocycles. The van der Waals surface area contributed by atoms with Crippen LogP contribution in [0.2, 0.25) is 0 Å². The Morgan fingerprint density at radius 3 is 2.73 bits per heavy atom. The molecule has 0 fully saturated rings. The number of nitrogens with zero attached hydrogens (tertiary/aromatic N) is 2. The fourth-order valence-electron chi connectivity index (χ4n) is 3.74. The number of fused-ring (bicyclic) bond motifs is 3. The molecule has 26 heavy (non-hydrogen) atoms. The standard InChI is InChI=1S/C19H26F3N3S/c1-23-12-13-7-10-26-18-17(13)15-6-5-14(19(20,21)22)11-16(15)25(18)9-4-8-24(2)3/h5-6,11,13,23H,4,7-10,12H2,1-3H3. The van der Waals surface area contributed by atoms with Crippen LogP contribution in [0.4, 0.5) is 13.2 Å². The van der Waals surface area contributed by atoms with Crippen LogP contribution < -0.4 is 5.32 Å². The minimum absolute atomic E-state index is 0.352. The topological polar surface area (TPSA) is 20.2 Å². The summed E-state index contributed by atoms with van der Waals surface area (Å²) in [4.78, 5) is 2.11. The molecule has 1 aromatic heterocycles. The number of halogens is 3.